The van der Waals surface area contributed by atoms with Gasteiger partial charge in [-0.25, -0.2) is 9.67 Å². The molecule has 0 saturated heterocycles. The highest BCUT2D eigenvalue weighted by Gasteiger charge is 2.19. The molecule has 2 aromatic heterocycles. The van der Waals surface area contributed by atoms with Crippen molar-refractivity contribution in [1.29, 1.82) is 0 Å². The predicted octanol–water partition coefficient (Wildman–Crippen LogP) is 2.35. The first-order valence-electron chi connectivity index (χ1n) is 7.92. The average Bonchev–Trinajstić information content (AvgIpc) is 3.20. The zero-order chi connectivity index (χ0) is 16.5. The van der Waals surface area contributed by atoms with Crippen LogP contribution in [0, 0.1) is 0 Å². The van der Waals surface area contributed by atoms with E-state index in [0.717, 1.165) is 36.7 Å². The molecule has 3 heterocycles. The maximum Gasteiger partial charge on any atom is 0.274 e. The summed E-state index contributed by atoms with van der Waals surface area (Å²) >= 11 is 0. The van der Waals surface area contributed by atoms with Crippen LogP contribution in [0.3, 0.4) is 0 Å². The van der Waals surface area contributed by atoms with Crippen LogP contribution in [-0.4, -0.2) is 31.8 Å². The largest absolute Gasteiger partial charge is 0.368 e. The first-order chi connectivity index (χ1) is 11.7. The van der Waals surface area contributed by atoms with Gasteiger partial charge in [0.25, 0.3) is 5.91 Å². The van der Waals surface area contributed by atoms with Crippen LogP contribution in [-0.2, 0) is 13.6 Å². The van der Waals surface area contributed by atoms with Gasteiger partial charge in [-0.1, -0.05) is 30.3 Å². The van der Waals surface area contributed by atoms with Crippen molar-refractivity contribution in [3.05, 3.63) is 48.4 Å². The quantitative estimate of drug-likeness (QED) is 0.776. The molecule has 3 aromatic rings. The van der Waals surface area contributed by atoms with E-state index in [-0.39, 0.29) is 5.91 Å². The number of hydrogen-bond donors (Lipinski definition) is 2. The van der Waals surface area contributed by atoms with Gasteiger partial charge in [0.05, 0.1) is 12.4 Å². The molecule has 7 heteroatoms. The lowest BCUT2D eigenvalue weighted by Crippen LogP contribution is -2.20. The van der Waals surface area contributed by atoms with Crippen LogP contribution in [0.4, 0.5) is 11.5 Å². The molecule has 1 aliphatic rings. The van der Waals surface area contributed by atoms with E-state index in [2.05, 4.69) is 20.7 Å². The number of hydrogen-bond acceptors (Lipinski definition) is 4. The maximum atomic E-state index is 12.6. The fourth-order valence-electron chi connectivity index (χ4n) is 2.93. The summed E-state index contributed by atoms with van der Waals surface area (Å²) in [6, 6.07) is 9.81. The number of amides is 1. The number of carbonyl (C=O) groups excluding carboxylic acids is 1. The molecule has 2 N–H and O–H groups in total. The smallest absolute Gasteiger partial charge is 0.274 e. The van der Waals surface area contributed by atoms with Crippen LogP contribution >= 0.6 is 0 Å². The molecule has 0 aliphatic carbocycles. The summed E-state index contributed by atoms with van der Waals surface area (Å²) in [6.07, 6.45) is 4.31. The number of anilines is 2. The van der Waals surface area contributed by atoms with E-state index in [0.29, 0.717) is 11.4 Å². The van der Waals surface area contributed by atoms with E-state index in [1.807, 2.05) is 42.1 Å². The van der Waals surface area contributed by atoms with Crippen molar-refractivity contribution in [2.24, 2.45) is 7.05 Å². The van der Waals surface area contributed by atoms with Gasteiger partial charge >= 0.3 is 0 Å². The minimum Gasteiger partial charge on any atom is -0.368 e. The topological polar surface area (TPSA) is 76.8 Å². The van der Waals surface area contributed by atoms with E-state index in [4.69, 9.17) is 0 Å². The van der Waals surface area contributed by atoms with E-state index in [9.17, 15) is 4.79 Å². The van der Waals surface area contributed by atoms with Crippen molar-refractivity contribution < 1.29 is 4.79 Å². The molecule has 7 nitrogen and oxygen atoms in total. The van der Waals surface area contributed by atoms with Gasteiger partial charge in [0.2, 0.25) is 0 Å². The van der Waals surface area contributed by atoms with E-state index >= 15 is 0 Å². The first-order valence-corrected chi connectivity index (χ1v) is 7.92. The summed E-state index contributed by atoms with van der Waals surface area (Å²) < 4.78 is 3.67. The normalized spacial score (nSPS) is 13.2. The summed E-state index contributed by atoms with van der Waals surface area (Å²) in [4.78, 5) is 17.0. The third-order valence-electron chi connectivity index (χ3n) is 4.18. The van der Waals surface area contributed by atoms with Gasteiger partial charge in [-0.3, -0.25) is 4.79 Å². The maximum absolute atomic E-state index is 12.6. The SMILES string of the molecule is Cn1c(C(=O)Nc2cnn3c2NCCC3)cnc1-c1ccccc1. The Balaban J connectivity index is 1.60. The molecule has 0 saturated carbocycles. The Labute approximate surface area is 139 Å². The molecule has 1 amide bonds. The number of fused-ring (bicyclic) bond motifs is 1. The van der Waals surface area contributed by atoms with Gasteiger partial charge in [-0.2, -0.15) is 5.10 Å². The Morgan fingerprint density at radius 3 is 2.92 bits per heavy atom. The van der Waals surface area contributed by atoms with Gasteiger partial charge in [-0.15, -0.1) is 0 Å². The number of imidazole rings is 1. The van der Waals surface area contributed by atoms with Crippen LogP contribution in [0.2, 0.25) is 0 Å². The summed E-state index contributed by atoms with van der Waals surface area (Å²) in [5.41, 5.74) is 2.18. The second kappa shape index (κ2) is 5.84. The lowest BCUT2D eigenvalue weighted by molar-refractivity contribution is 0.101. The third kappa shape index (κ3) is 2.44. The molecular weight excluding hydrogens is 304 g/mol. The van der Waals surface area contributed by atoms with Gasteiger partial charge in [0.15, 0.2) is 0 Å². The zero-order valence-corrected chi connectivity index (χ0v) is 13.4. The van der Waals surface area contributed by atoms with E-state index in [1.165, 1.54) is 0 Å². The molecule has 0 unspecified atom stereocenters. The number of rotatable bonds is 3. The van der Waals surface area contributed by atoms with Crippen LogP contribution in [0.25, 0.3) is 11.4 Å². The van der Waals surface area contributed by atoms with Gasteiger partial charge in [0.1, 0.15) is 23.0 Å². The predicted molar refractivity (Wildman–Crippen MR) is 91.9 cm³/mol. The van der Waals surface area contributed by atoms with Crippen molar-refractivity contribution in [1.82, 2.24) is 19.3 Å². The first kappa shape index (κ1) is 14.5. The Kier molecular flexibility index (Phi) is 3.53. The summed E-state index contributed by atoms with van der Waals surface area (Å²) in [5.74, 6) is 1.42. The Morgan fingerprint density at radius 1 is 1.25 bits per heavy atom. The fraction of sp³-hybridized carbons (Fsp3) is 0.235. The summed E-state index contributed by atoms with van der Waals surface area (Å²) in [7, 11) is 1.84. The molecule has 24 heavy (non-hydrogen) atoms. The molecule has 1 aromatic carbocycles. The van der Waals surface area contributed by atoms with Crippen LogP contribution in [0.15, 0.2) is 42.7 Å². The monoisotopic (exact) mass is 322 g/mol. The van der Waals surface area contributed by atoms with E-state index < -0.39 is 0 Å². The average molecular weight is 322 g/mol. The molecule has 0 radical (unpaired) electrons. The molecule has 0 bridgehead atoms. The molecule has 4 rings (SSSR count). The summed E-state index contributed by atoms with van der Waals surface area (Å²) in [6.45, 7) is 1.75. The molecular formula is C17H18N6O. The molecule has 122 valence electrons. The van der Waals surface area contributed by atoms with Crippen molar-refractivity contribution in [3.63, 3.8) is 0 Å². The number of nitrogens with zero attached hydrogens (tertiary/aromatic N) is 4. The minimum absolute atomic E-state index is 0.199. The lowest BCUT2D eigenvalue weighted by atomic mass is 10.2. The number of aryl methyl sites for hydroxylation is 1. The van der Waals surface area contributed by atoms with Crippen molar-refractivity contribution in [2.45, 2.75) is 13.0 Å². The molecule has 1 aliphatic heterocycles. The Bertz CT molecular complexity index is 880. The fourth-order valence-corrected chi connectivity index (χ4v) is 2.93. The van der Waals surface area contributed by atoms with E-state index in [1.54, 1.807) is 17.0 Å². The molecule has 0 fully saturated rings. The molecule has 0 spiro atoms. The highest BCUT2D eigenvalue weighted by Crippen LogP contribution is 2.25. The number of benzene rings is 1. The lowest BCUT2D eigenvalue weighted by Gasteiger charge is -2.17. The van der Waals surface area contributed by atoms with Gasteiger partial charge in [0, 0.05) is 25.7 Å². The van der Waals surface area contributed by atoms with Gasteiger partial charge in [-0.05, 0) is 6.42 Å². The number of nitrogens with one attached hydrogen (secondary N) is 2. The van der Waals surface area contributed by atoms with Crippen molar-refractivity contribution in [2.75, 3.05) is 17.2 Å². The second-order valence-corrected chi connectivity index (χ2v) is 5.76. The molecule has 0 atom stereocenters. The highest BCUT2D eigenvalue weighted by molar-refractivity contribution is 6.04. The number of aromatic nitrogens is 4. The Hall–Kier alpha value is -3.09. The van der Waals surface area contributed by atoms with Crippen LogP contribution in [0.1, 0.15) is 16.9 Å². The summed E-state index contributed by atoms with van der Waals surface area (Å²) in [5, 5.41) is 10.5. The highest BCUT2D eigenvalue weighted by atomic mass is 16.2. The number of carbonyl (C=O) groups is 1. The standard InChI is InChI=1S/C17H18N6O/c1-22-14(11-19-15(22)12-6-3-2-4-7-12)17(24)21-13-10-20-23-9-5-8-18-16(13)23/h2-4,6-7,10-11,18H,5,8-9H2,1H3,(H,21,24). The van der Waals surface area contributed by atoms with Crippen molar-refractivity contribution >= 4 is 17.4 Å². The van der Waals surface area contributed by atoms with Crippen molar-refractivity contribution in [3.8, 4) is 11.4 Å². The second-order valence-electron chi connectivity index (χ2n) is 5.76. The minimum atomic E-state index is -0.199. The third-order valence-corrected chi connectivity index (χ3v) is 4.18. The van der Waals surface area contributed by atoms with Gasteiger partial charge < -0.3 is 15.2 Å². The van der Waals surface area contributed by atoms with Crippen LogP contribution in [0.5, 0.6) is 0 Å². The zero-order valence-electron chi connectivity index (χ0n) is 13.4. The van der Waals surface area contributed by atoms with Crippen LogP contribution < -0.4 is 10.6 Å². The Morgan fingerprint density at radius 2 is 2.08 bits per heavy atom.